The Bertz CT molecular complexity index is 1130. The van der Waals surface area contributed by atoms with Crippen molar-refractivity contribution in [1.29, 1.82) is 0 Å². The van der Waals surface area contributed by atoms with Gasteiger partial charge >= 0.3 is 0 Å². The van der Waals surface area contributed by atoms with Gasteiger partial charge in [0.05, 0.1) is 22.6 Å². The first-order valence-electron chi connectivity index (χ1n) is 8.40. The highest BCUT2D eigenvalue weighted by Crippen LogP contribution is 2.31. The second-order valence-corrected chi connectivity index (χ2v) is 6.77. The van der Waals surface area contributed by atoms with E-state index in [1.54, 1.807) is 24.3 Å². The van der Waals surface area contributed by atoms with E-state index in [9.17, 15) is 14.9 Å². The number of nitro groups is 1. The summed E-state index contributed by atoms with van der Waals surface area (Å²) in [5.41, 5.74) is 1.84. The van der Waals surface area contributed by atoms with Crippen LogP contribution in [0.5, 0.6) is 0 Å². The van der Waals surface area contributed by atoms with Crippen LogP contribution < -0.4 is 5.56 Å². The van der Waals surface area contributed by atoms with Gasteiger partial charge in [0.15, 0.2) is 4.77 Å². The predicted octanol–water partition coefficient (Wildman–Crippen LogP) is 3.16. The number of aromatic amines is 2. The molecule has 3 aromatic rings. The molecule has 0 saturated carbocycles. The van der Waals surface area contributed by atoms with E-state index in [0.29, 0.717) is 46.9 Å². The van der Waals surface area contributed by atoms with E-state index in [-0.39, 0.29) is 11.2 Å². The molecule has 1 aromatic carbocycles. The molecule has 1 aliphatic heterocycles. The van der Waals surface area contributed by atoms with Gasteiger partial charge in [0.2, 0.25) is 0 Å². The van der Waals surface area contributed by atoms with Crippen molar-refractivity contribution < 1.29 is 9.34 Å². The van der Waals surface area contributed by atoms with E-state index >= 15 is 0 Å². The Morgan fingerprint density at radius 2 is 2.04 bits per heavy atom. The topological polar surface area (TPSA) is 108 Å². The number of para-hydroxylation sites is 1. The summed E-state index contributed by atoms with van der Waals surface area (Å²) in [6.07, 6.45) is 0.695. The van der Waals surface area contributed by atoms with Gasteiger partial charge < -0.3 is 9.40 Å². The summed E-state index contributed by atoms with van der Waals surface area (Å²) >= 11 is 5.01. The summed E-state index contributed by atoms with van der Waals surface area (Å²) in [5, 5.41) is 11.2. The van der Waals surface area contributed by atoms with E-state index in [1.807, 2.05) is 6.07 Å². The number of nitro benzene ring substituents is 1. The Kier molecular flexibility index (Phi) is 4.46. The smallest absolute Gasteiger partial charge is 0.280 e. The highest BCUT2D eigenvalue weighted by molar-refractivity contribution is 7.71. The monoisotopic (exact) mass is 384 g/mol. The molecule has 0 saturated heterocycles. The van der Waals surface area contributed by atoms with Crippen LogP contribution in [0.15, 0.2) is 45.6 Å². The van der Waals surface area contributed by atoms with Crippen molar-refractivity contribution in [2.75, 3.05) is 6.54 Å². The Hall–Kier alpha value is -3.04. The van der Waals surface area contributed by atoms with Gasteiger partial charge in [0.25, 0.3) is 11.2 Å². The van der Waals surface area contributed by atoms with Crippen LogP contribution in [0.1, 0.15) is 17.0 Å². The number of hydrogen-bond donors (Lipinski definition) is 2. The molecule has 27 heavy (non-hydrogen) atoms. The first-order chi connectivity index (χ1) is 13.0. The molecular formula is C18H16N4O4S. The van der Waals surface area contributed by atoms with E-state index in [1.165, 1.54) is 6.07 Å². The summed E-state index contributed by atoms with van der Waals surface area (Å²) < 4.78 is 6.18. The zero-order valence-electron chi connectivity index (χ0n) is 14.2. The molecule has 8 nitrogen and oxygen atoms in total. The number of rotatable bonds is 4. The first kappa shape index (κ1) is 17.4. The average Bonchev–Trinajstić information content (AvgIpc) is 3.10. The maximum atomic E-state index is 12.1. The van der Waals surface area contributed by atoms with Crippen molar-refractivity contribution in [3.8, 4) is 11.3 Å². The molecule has 0 unspecified atom stereocenters. The Labute approximate surface area is 158 Å². The van der Waals surface area contributed by atoms with Crippen molar-refractivity contribution in [1.82, 2.24) is 14.9 Å². The van der Waals surface area contributed by atoms with Crippen LogP contribution in [-0.2, 0) is 19.5 Å². The molecule has 0 bridgehead atoms. The number of benzene rings is 1. The minimum absolute atomic E-state index is 0.00656. The second-order valence-electron chi connectivity index (χ2n) is 6.37. The lowest BCUT2D eigenvalue weighted by Crippen LogP contribution is -2.35. The highest BCUT2D eigenvalue weighted by Gasteiger charge is 2.22. The molecule has 0 fully saturated rings. The zero-order valence-corrected chi connectivity index (χ0v) is 15.0. The summed E-state index contributed by atoms with van der Waals surface area (Å²) in [5.74, 6) is 1.14. The summed E-state index contributed by atoms with van der Waals surface area (Å²) in [7, 11) is 0. The normalized spacial score (nSPS) is 14.1. The van der Waals surface area contributed by atoms with Gasteiger partial charge in [0, 0.05) is 31.3 Å². The molecule has 0 aliphatic carbocycles. The number of furan rings is 1. The number of hydrogen-bond acceptors (Lipinski definition) is 6. The predicted molar refractivity (Wildman–Crippen MR) is 101 cm³/mol. The SMILES string of the molecule is O=c1[nH]c(=S)[nH]c2c1CN(Cc1ccc(-c3ccccc3[N+](=O)[O-])o1)CC2. The molecule has 4 rings (SSSR count). The minimum Gasteiger partial charge on any atom is -0.459 e. The van der Waals surface area contributed by atoms with Crippen LogP contribution >= 0.6 is 12.2 Å². The zero-order chi connectivity index (χ0) is 19.0. The van der Waals surface area contributed by atoms with Gasteiger partial charge in [-0.1, -0.05) is 12.1 Å². The van der Waals surface area contributed by atoms with Crippen molar-refractivity contribution in [2.24, 2.45) is 0 Å². The van der Waals surface area contributed by atoms with Crippen LogP contribution in [0.4, 0.5) is 5.69 Å². The molecule has 1 aliphatic rings. The molecule has 0 spiro atoms. The third-order valence-electron chi connectivity index (χ3n) is 4.60. The van der Waals surface area contributed by atoms with Crippen molar-refractivity contribution in [3.05, 3.63) is 78.7 Å². The van der Waals surface area contributed by atoms with Crippen LogP contribution in [0.25, 0.3) is 11.3 Å². The van der Waals surface area contributed by atoms with Crippen LogP contribution in [0.3, 0.4) is 0 Å². The van der Waals surface area contributed by atoms with E-state index in [4.69, 9.17) is 16.6 Å². The summed E-state index contributed by atoms with van der Waals surface area (Å²) in [6, 6.07) is 10.0. The number of aromatic nitrogens is 2. The third-order valence-corrected chi connectivity index (χ3v) is 4.80. The molecule has 2 aromatic heterocycles. The van der Waals surface area contributed by atoms with Gasteiger partial charge in [-0.25, -0.2) is 0 Å². The molecule has 3 heterocycles. The van der Waals surface area contributed by atoms with Gasteiger partial charge in [-0.05, 0) is 30.4 Å². The van der Waals surface area contributed by atoms with Crippen molar-refractivity contribution in [3.63, 3.8) is 0 Å². The Morgan fingerprint density at radius 3 is 2.85 bits per heavy atom. The highest BCUT2D eigenvalue weighted by atomic mass is 32.1. The summed E-state index contributed by atoms with van der Waals surface area (Å²) in [6.45, 7) is 1.75. The van der Waals surface area contributed by atoms with Gasteiger partial charge in [0.1, 0.15) is 11.5 Å². The van der Waals surface area contributed by atoms with Gasteiger partial charge in [-0.3, -0.25) is 24.8 Å². The maximum absolute atomic E-state index is 12.1. The fourth-order valence-electron chi connectivity index (χ4n) is 3.32. The molecule has 0 atom stereocenters. The van der Waals surface area contributed by atoms with Crippen LogP contribution in [0, 0.1) is 14.9 Å². The Balaban J connectivity index is 1.55. The molecule has 138 valence electrons. The molecular weight excluding hydrogens is 368 g/mol. The van der Waals surface area contributed by atoms with Crippen molar-refractivity contribution >= 4 is 17.9 Å². The largest absolute Gasteiger partial charge is 0.459 e. The van der Waals surface area contributed by atoms with E-state index < -0.39 is 4.92 Å². The second kappa shape index (κ2) is 6.93. The van der Waals surface area contributed by atoms with E-state index in [2.05, 4.69) is 14.9 Å². The van der Waals surface area contributed by atoms with Gasteiger partial charge in [-0.15, -0.1) is 0 Å². The number of nitrogens with one attached hydrogen (secondary N) is 2. The number of fused-ring (bicyclic) bond motifs is 1. The lowest BCUT2D eigenvalue weighted by atomic mass is 10.1. The molecule has 0 radical (unpaired) electrons. The molecule has 9 heteroatoms. The van der Waals surface area contributed by atoms with Gasteiger partial charge in [-0.2, -0.15) is 0 Å². The van der Waals surface area contributed by atoms with Crippen LogP contribution in [0.2, 0.25) is 0 Å². The average molecular weight is 384 g/mol. The van der Waals surface area contributed by atoms with Crippen molar-refractivity contribution in [2.45, 2.75) is 19.5 Å². The quantitative estimate of drug-likeness (QED) is 0.406. The lowest BCUT2D eigenvalue weighted by Gasteiger charge is -2.26. The lowest BCUT2D eigenvalue weighted by molar-refractivity contribution is -0.384. The third kappa shape index (κ3) is 3.46. The van der Waals surface area contributed by atoms with Crippen LogP contribution in [-0.4, -0.2) is 26.3 Å². The molecule has 2 N–H and O–H groups in total. The number of H-pyrrole nitrogens is 2. The minimum atomic E-state index is -0.421. The molecule has 0 amide bonds. The van der Waals surface area contributed by atoms with E-state index in [0.717, 1.165) is 12.2 Å². The fraction of sp³-hybridized carbons (Fsp3) is 0.222. The maximum Gasteiger partial charge on any atom is 0.280 e. The summed E-state index contributed by atoms with van der Waals surface area (Å²) in [4.78, 5) is 30.6. The Morgan fingerprint density at radius 1 is 1.22 bits per heavy atom. The standard InChI is InChI=1S/C18H16N4O4S/c23-17-13-10-21(8-7-14(13)19-18(27)20-17)9-11-5-6-16(26-11)12-3-1-2-4-15(12)22(24)25/h1-6H,7-10H2,(H2,19,20,23,27). The fourth-order valence-corrected chi connectivity index (χ4v) is 3.53. The number of nitrogens with zero attached hydrogens (tertiary/aromatic N) is 2. The first-order valence-corrected chi connectivity index (χ1v) is 8.81.